The van der Waals surface area contributed by atoms with Gasteiger partial charge >= 0.3 is 0 Å². The van der Waals surface area contributed by atoms with Crippen molar-refractivity contribution >= 4 is 0 Å². The molecule has 0 amide bonds. The molecule has 19 heavy (non-hydrogen) atoms. The maximum Gasteiger partial charge on any atom is 0.133 e. The van der Waals surface area contributed by atoms with Gasteiger partial charge in [0.25, 0.3) is 0 Å². The minimum atomic E-state index is -0.195. The number of nitrogens with one attached hydrogen (secondary N) is 1. The molecule has 1 aromatic heterocycles. The molecule has 98 valence electrons. The molecule has 0 fully saturated rings. The number of rotatable bonds is 2. The lowest BCUT2D eigenvalue weighted by molar-refractivity contribution is 0.602. The largest absolute Gasteiger partial charge is 0.311 e. The van der Waals surface area contributed by atoms with E-state index in [1.807, 2.05) is 13.0 Å². The van der Waals surface area contributed by atoms with Crippen LogP contribution in [0.4, 0.5) is 4.39 Å². The second-order valence-corrected chi connectivity index (χ2v) is 4.85. The van der Waals surface area contributed by atoms with Gasteiger partial charge in [-0.15, -0.1) is 0 Å². The van der Waals surface area contributed by atoms with E-state index in [4.69, 9.17) is 0 Å². The zero-order valence-corrected chi connectivity index (χ0v) is 10.9. The molecule has 4 heteroatoms. The van der Waals surface area contributed by atoms with E-state index in [1.165, 1.54) is 11.6 Å². The molecule has 3 rings (SSSR count). The van der Waals surface area contributed by atoms with Gasteiger partial charge in [-0.05, 0) is 37.1 Å². The van der Waals surface area contributed by atoms with Gasteiger partial charge in [0.2, 0.25) is 0 Å². The van der Waals surface area contributed by atoms with Crippen LogP contribution in [-0.2, 0) is 19.4 Å². The molecule has 0 saturated carbocycles. The van der Waals surface area contributed by atoms with E-state index in [9.17, 15) is 4.39 Å². The van der Waals surface area contributed by atoms with Gasteiger partial charge in [0.1, 0.15) is 11.6 Å². The minimum absolute atomic E-state index is 0.195. The lowest BCUT2D eigenvalue weighted by Gasteiger charge is -2.18. The van der Waals surface area contributed by atoms with Gasteiger partial charge in [0, 0.05) is 18.7 Å². The van der Waals surface area contributed by atoms with Crippen molar-refractivity contribution in [3.05, 3.63) is 58.4 Å². The van der Waals surface area contributed by atoms with Gasteiger partial charge in [0.05, 0.1) is 5.69 Å². The van der Waals surface area contributed by atoms with Crippen molar-refractivity contribution in [2.24, 2.45) is 0 Å². The topological polar surface area (TPSA) is 37.8 Å². The molecule has 1 aliphatic heterocycles. The van der Waals surface area contributed by atoms with Crippen LogP contribution in [0.15, 0.2) is 24.3 Å². The van der Waals surface area contributed by atoms with Gasteiger partial charge in [-0.1, -0.05) is 18.2 Å². The normalized spacial score (nSPS) is 14.2. The highest BCUT2D eigenvalue weighted by molar-refractivity contribution is 5.29. The van der Waals surface area contributed by atoms with Crippen LogP contribution in [0.5, 0.6) is 0 Å². The number of hydrogen-bond acceptors (Lipinski definition) is 3. The number of aryl methyl sites for hydroxylation is 1. The van der Waals surface area contributed by atoms with Crippen molar-refractivity contribution in [2.45, 2.75) is 26.3 Å². The fourth-order valence-corrected chi connectivity index (χ4v) is 2.50. The Hall–Kier alpha value is -1.81. The summed E-state index contributed by atoms with van der Waals surface area (Å²) in [5.74, 6) is 0.504. The summed E-state index contributed by atoms with van der Waals surface area (Å²) < 4.78 is 13.6. The molecule has 2 aromatic rings. The summed E-state index contributed by atoms with van der Waals surface area (Å²) >= 11 is 0. The van der Waals surface area contributed by atoms with E-state index in [1.54, 1.807) is 12.1 Å². The average Bonchev–Trinajstić information content (AvgIpc) is 2.42. The van der Waals surface area contributed by atoms with Crippen LogP contribution in [-0.4, -0.2) is 16.5 Å². The molecule has 0 radical (unpaired) electrons. The number of nitrogens with zero attached hydrogens (tertiary/aromatic N) is 2. The number of benzene rings is 1. The fraction of sp³-hybridized carbons (Fsp3) is 0.333. The number of halogens is 1. The maximum absolute atomic E-state index is 13.6. The molecule has 0 aliphatic carbocycles. The zero-order valence-electron chi connectivity index (χ0n) is 10.9. The first-order chi connectivity index (χ1) is 9.24. The predicted molar refractivity (Wildman–Crippen MR) is 71.4 cm³/mol. The Labute approximate surface area is 111 Å². The van der Waals surface area contributed by atoms with Gasteiger partial charge in [-0.25, -0.2) is 14.4 Å². The summed E-state index contributed by atoms with van der Waals surface area (Å²) in [6, 6.07) is 6.79. The second kappa shape index (κ2) is 5.05. The van der Waals surface area contributed by atoms with Crippen LogP contribution in [0.25, 0.3) is 0 Å². The van der Waals surface area contributed by atoms with Crippen LogP contribution < -0.4 is 5.32 Å². The van der Waals surface area contributed by atoms with Crippen molar-refractivity contribution in [1.29, 1.82) is 0 Å². The predicted octanol–water partition coefficient (Wildman–Crippen LogP) is 2.16. The van der Waals surface area contributed by atoms with Crippen molar-refractivity contribution in [3.8, 4) is 0 Å². The molecule has 3 nitrogen and oxygen atoms in total. The Morgan fingerprint density at radius 3 is 2.95 bits per heavy atom. The van der Waals surface area contributed by atoms with Crippen molar-refractivity contribution in [1.82, 2.24) is 15.3 Å². The third-order valence-electron chi connectivity index (χ3n) is 3.50. The highest BCUT2D eigenvalue weighted by Crippen LogP contribution is 2.17. The summed E-state index contributed by atoms with van der Waals surface area (Å²) in [5.41, 5.74) is 3.98. The van der Waals surface area contributed by atoms with Crippen LogP contribution in [0.1, 0.15) is 28.3 Å². The van der Waals surface area contributed by atoms with E-state index in [-0.39, 0.29) is 5.82 Å². The summed E-state index contributed by atoms with van der Waals surface area (Å²) in [6.07, 6.45) is 1.42. The third-order valence-corrected chi connectivity index (χ3v) is 3.50. The number of fused-ring (bicyclic) bond motifs is 1. The van der Waals surface area contributed by atoms with E-state index in [0.717, 1.165) is 30.9 Å². The summed E-state index contributed by atoms with van der Waals surface area (Å²) in [4.78, 5) is 9.09. The smallest absolute Gasteiger partial charge is 0.133 e. The molecule has 0 atom stereocenters. The monoisotopic (exact) mass is 257 g/mol. The Bertz CT molecular complexity index is 610. The molecule has 1 aliphatic rings. The Morgan fingerprint density at radius 1 is 1.26 bits per heavy atom. The van der Waals surface area contributed by atoms with Crippen molar-refractivity contribution in [3.63, 3.8) is 0 Å². The Morgan fingerprint density at radius 2 is 2.11 bits per heavy atom. The molecule has 0 spiro atoms. The standard InChI is InChI=1S/C15H16FN3/c1-10-12-6-7-17-9-14(12)19-15(18-10)8-11-4-2-3-5-13(11)16/h2-5,17H,6-9H2,1H3. The summed E-state index contributed by atoms with van der Waals surface area (Å²) in [6.45, 7) is 3.77. The lowest BCUT2D eigenvalue weighted by Crippen LogP contribution is -2.26. The first-order valence-electron chi connectivity index (χ1n) is 6.53. The third kappa shape index (κ3) is 2.49. The molecule has 1 aromatic carbocycles. The SMILES string of the molecule is Cc1nc(Cc2ccccc2F)nc2c1CCNC2. The second-order valence-electron chi connectivity index (χ2n) is 4.85. The minimum Gasteiger partial charge on any atom is -0.311 e. The number of hydrogen-bond donors (Lipinski definition) is 1. The van der Waals surface area contributed by atoms with Gasteiger partial charge in [-0.3, -0.25) is 0 Å². The quantitative estimate of drug-likeness (QED) is 0.896. The van der Waals surface area contributed by atoms with Gasteiger partial charge in [0.15, 0.2) is 0 Å². The molecule has 1 N–H and O–H groups in total. The highest BCUT2D eigenvalue weighted by atomic mass is 19.1. The zero-order chi connectivity index (χ0) is 13.2. The van der Waals surface area contributed by atoms with Crippen molar-refractivity contribution in [2.75, 3.05) is 6.54 Å². The first-order valence-corrected chi connectivity index (χ1v) is 6.53. The highest BCUT2D eigenvalue weighted by Gasteiger charge is 2.15. The molecular weight excluding hydrogens is 241 g/mol. The summed E-state index contributed by atoms with van der Waals surface area (Å²) in [5, 5.41) is 3.31. The summed E-state index contributed by atoms with van der Waals surface area (Å²) in [7, 11) is 0. The Balaban J connectivity index is 1.94. The van der Waals surface area contributed by atoms with E-state index in [2.05, 4.69) is 15.3 Å². The van der Waals surface area contributed by atoms with Crippen LogP contribution >= 0.6 is 0 Å². The molecule has 0 bridgehead atoms. The van der Waals surface area contributed by atoms with Gasteiger partial charge in [-0.2, -0.15) is 0 Å². The molecule has 2 heterocycles. The molecule has 0 unspecified atom stereocenters. The van der Waals surface area contributed by atoms with Crippen LogP contribution in [0, 0.1) is 12.7 Å². The van der Waals surface area contributed by atoms with Gasteiger partial charge < -0.3 is 5.32 Å². The Kier molecular flexibility index (Phi) is 3.25. The molecule has 0 saturated heterocycles. The van der Waals surface area contributed by atoms with E-state index in [0.29, 0.717) is 17.8 Å². The fourth-order valence-electron chi connectivity index (χ4n) is 2.50. The van der Waals surface area contributed by atoms with E-state index < -0.39 is 0 Å². The average molecular weight is 257 g/mol. The maximum atomic E-state index is 13.6. The van der Waals surface area contributed by atoms with Crippen molar-refractivity contribution < 1.29 is 4.39 Å². The van der Waals surface area contributed by atoms with E-state index >= 15 is 0 Å². The van der Waals surface area contributed by atoms with Crippen LogP contribution in [0.2, 0.25) is 0 Å². The molecular formula is C15H16FN3. The van der Waals surface area contributed by atoms with Crippen LogP contribution in [0.3, 0.4) is 0 Å². The number of aromatic nitrogens is 2. The lowest BCUT2D eigenvalue weighted by atomic mass is 10.0. The first kappa shape index (κ1) is 12.2.